The number of hydrogen-bond acceptors (Lipinski definition) is 6. The van der Waals surface area contributed by atoms with E-state index in [1.54, 1.807) is 30.5 Å². The third-order valence-electron chi connectivity index (χ3n) is 6.98. The van der Waals surface area contributed by atoms with Crippen molar-refractivity contribution in [2.75, 3.05) is 24.6 Å². The second-order valence-corrected chi connectivity index (χ2v) is 9.87. The summed E-state index contributed by atoms with van der Waals surface area (Å²) in [6, 6.07) is 17.1. The zero-order valence-electron chi connectivity index (χ0n) is 20.8. The molecule has 2 aromatic carbocycles. The highest BCUT2D eigenvalue weighted by atomic mass is 35.5. The Bertz CT molecular complexity index is 1450. The van der Waals surface area contributed by atoms with E-state index >= 15 is 0 Å². The summed E-state index contributed by atoms with van der Waals surface area (Å²) in [6.45, 7) is 1.99. The number of amides is 1. The standard InChI is InChI=1S/C29H29ClN4O4/c30-21-6-8-23-25(16-21)31-18-24(28(23)36)27(20-4-2-1-3-5-20)33-29(37)38-22-7-9-26(32-17-22)34-13-10-19(11-14-34)12-15-35/h1-9,16-19,27,35H,10-15H2,(H,31,36)(H,33,37). The summed E-state index contributed by atoms with van der Waals surface area (Å²) in [5.41, 5.74) is 1.52. The van der Waals surface area contributed by atoms with Crippen molar-refractivity contribution >= 4 is 34.4 Å². The van der Waals surface area contributed by atoms with Gasteiger partial charge in [-0.15, -0.1) is 0 Å². The Hall–Kier alpha value is -3.88. The van der Waals surface area contributed by atoms with Crippen molar-refractivity contribution in [3.05, 3.63) is 99.4 Å². The molecule has 3 heterocycles. The first-order valence-electron chi connectivity index (χ1n) is 12.7. The average molecular weight is 533 g/mol. The predicted octanol–water partition coefficient (Wildman–Crippen LogP) is 5.05. The van der Waals surface area contributed by atoms with Crippen LogP contribution in [0, 0.1) is 5.92 Å². The molecule has 5 rings (SSSR count). The molecular weight excluding hydrogens is 504 g/mol. The van der Waals surface area contributed by atoms with Crippen molar-refractivity contribution in [2.24, 2.45) is 5.92 Å². The number of aromatic amines is 1. The largest absolute Gasteiger partial charge is 0.413 e. The molecule has 2 aromatic heterocycles. The van der Waals surface area contributed by atoms with Gasteiger partial charge in [0.05, 0.1) is 17.8 Å². The molecule has 1 atom stereocenters. The Morgan fingerprint density at radius 2 is 1.95 bits per heavy atom. The lowest BCUT2D eigenvalue weighted by molar-refractivity contribution is 0.197. The molecule has 0 aliphatic carbocycles. The second-order valence-electron chi connectivity index (χ2n) is 9.44. The van der Waals surface area contributed by atoms with E-state index in [-0.39, 0.29) is 12.0 Å². The molecule has 1 aliphatic rings. The van der Waals surface area contributed by atoms with E-state index in [0.29, 0.717) is 33.2 Å². The van der Waals surface area contributed by atoms with Gasteiger partial charge >= 0.3 is 6.09 Å². The molecular formula is C29H29ClN4O4. The number of nitrogens with one attached hydrogen (secondary N) is 2. The Balaban J connectivity index is 1.31. The first-order valence-corrected chi connectivity index (χ1v) is 13.1. The highest BCUT2D eigenvalue weighted by Gasteiger charge is 2.23. The lowest BCUT2D eigenvalue weighted by Gasteiger charge is -2.32. The molecule has 1 aliphatic heterocycles. The van der Waals surface area contributed by atoms with E-state index in [9.17, 15) is 9.59 Å². The van der Waals surface area contributed by atoms with Crippen molar-refractivity contribution in [1.29, 1.82) is 0 Å². The number of halogens is 1. The van der Waals surface area contributed by atoms with Gasteiger partial charge in [-0.1, -0.05) is 41.9 Å². The van der Waals surface area contributed by atoms with E-state index in [0.717, 1.165) is 43.7 Å². The fraction of sp³-hybridized carbons (Fsp3) is 0.276. The quantitative estimate of drug-likeness (QED) is 0.307. The van der Waals surface area contributed by atoms with Gasteiger partial charge in [-0.2, -0.15) is 0 Å². The van der Waals surface area contributed by atoms with Crippen LogP contribution in [0.4, 0.5) is 10.6 Å². The second kappa shape index (κ2) is 11.7. The Morgan fingerprint density at radius 1 is 1.16 bits per heavy atom. The molecule has 38 heavy (non-hydrogen) atoms. The smallest absolute Gasteiger partial charge is 0.409 e. The molecule has 0 bridgehead atoms. The van der Waals surface area contributed by atoms with Gasteiger partial charge in [0.2, 0.25) is 0 Å². The van der Waals surface area contributed by atoms with Crippen molar-refractivity contribution in [3.8, 4) is 5.75 Å². The summed E-state index contributed by atoms with van der Waals surface area (Å²) in [4.78, 5) is 36.1. The first kappa shape index (κ1) is 25.8. The molecule has 4 aromatic rings. The van der Waals surface area contributed by atoms with Crippen LogP contribution in [-0.4, -0.2) is 40.9 Å². The number of aliphatic hydroxyl groups is 1. The van der Waals surface area contributed by atoms with Gasteiger partial charge in [-0.05, 0) is 61.1 Å². The van der Waals surface area contributed by atoms with Gasteiger partial charge in [0.25, 0.3) is 0 Å². The summed E-state index contributed by atoms with van der Waals surface area (Å²) < 4.78 is 5.53. The molecule has 0 spiro atoms. The number of H-pyrrole nitrogens is 1. The number of hydrogen-bond donors (Lipinski definition) is 3. The van der Waals surface area contributed by atoms with E-state index < -0.39 is 12.1 Å². The molecule has 8 nitrogen and oxygen atoms in total. The number of aromatic nitrogens is 2. The van der Waals surface area contributed by atoms with Crippen LogP contribution in [0.1, 0.15) is 36.4 Å². The minimum absolute atomic E-state index is 0.210. The molecule has 0 saturated carbocycles. The summed E-state index contributed by atoms with van der Waals surface area (Å²) in [7, 11) is 0. The molecule has 9 heteroatoms. The Morgan fingerprint density at radius 3 is 2.66 bits per heavy atom. The number of benzene rings is 2. The van der Waals surface area contributed by atoms with Crippen LogP contribution in [-0.2, 0) is 0 Å². The number of pyridine rings is 2. The number of rotatable bonds is 7. The van der Waals surface area contributed by atoms with Crippen LogP contribution in [0.25, 0.3) is 10.9 Å². The minimum Gasteiger partial charge on any atom is -0.409 e. The Kier molecular flexibility index (Phi) is 7.91. The van der Waals surface area contributed by atoms with Crippen molar-refractivity contribution in [2.45, 2.75) is 25.3 Å². The maximum absolute atomic E-state index is 13.4. The third kappa shape index (κ3) is 5.82. The molecule has 3 N–H and O–H groups in total. The van der Waals surface area contributed by atoms with Gasteiger partial charge in [-0.25, -0.2) is 9.78 Å². The zero-order chi connectivity index (χ0) is 26.5. The number of fused-ring (bicyclic) bond motifs is 1. The van der Waals surface area contributed by atoms with Gasteiger partial charge in [-0.3, -0.25) is 4.79 Å². The van der Waals surface area contributed by atoms with Gasteiger partial charge in [0, 0.05) is 41.9 Å². The number of carbonyl (C=O) groups excluding carboxylic acids is 1. The van der Waals surface area contributed by atoms with E-state index in [1.807, 2.05) is 36.4 Å². The summed E-state index contributed by atoms with van der Waals surface area (Å²) in [5, 5.41) is 13.0. The summed E-state index contributed by atoms with van der Waals surface area (Å²) in [6.07, 6.45) is 5.30. The Labute approximate surface area is 225 Å². The summed E-state index contributed by atoms with van der Waals surface area (Å²) in [5.74, 6) is 1.67. The maximum atomic E-state index is 13.4. The van der Waals surface area contributed by atoms with Crippen LogP contribution in [0.5, 0.6) is 5.75 Å². The lowest BCUT2D eigenvalue weighted by atomic mass is 9.94. The predicted molar refractivity (Wildman–Crippen MR) is 148 cm³/mol. The highest BCUT2D eigenvalue weighted by molar-refractivity contribution is 6.31. The molecule has 1 saturated heterocycles. The average Bonchev–Trinajstić information content (AvgIpc) is 2.94. The normalized spacial score (nSPS) is 14.8. The number of piperidine rings is 1. The number of anilines is 1. The molecule has 196 valence electrons. The third-order valence-corrected chi connectivity index (χ3v) is 7.22. The molecule has 0 radical (unpaired) electrons. The van der Waals surface area contributed by atoms with Gasteiger partial charge in [0.1, 0.15) is 5.82 Å². The van der Waals surface area contributed by atoms with Crippen LogP contribution >= 0.6 is 11.6 Å². The van der Waals surface area contributed by atoms with Crippen LogP contribution in [0.15, 0.2) is 77.9 Å². The topological polar surface area (TPSA) is 108 Å². The molecule has 1 amide bonds. The minimum atomic E-state index is -0.736. The van der Waals surface area contributed by atoms with Crippen LogP contribution in [0.2, 0.25) is 5.02 Å². The lowest BCUT2D eigenvalue weighted by Crippen LogP contribution is -2.35. The summed E-state index contributed by atoms with van der Waals surface area (Å²) >= 11 is 6.07. The monoisotopic (exact) mass is 532 g/mol. The van der Waals surface area contributed by atoms with E-state index in [1.165, 1.54) is 6.20 Å². The highest BCUT2D eigenvalue weighted by Crippen LogP contribution is 2.26. The fourth-order valence-corrected chi connectivity index (χ4v) is 5.09. The fourth-order valence-electron chi connectivity index (χ4n) is 4.92. The zero-order valence-corrected chi connectivity index (χ0v) is 21.5. The maximum Gasteiger partial charge on any atom is 0.413 e. The number of nitrogens with zero attached hydrogens (tertiary/aromatic N) is 2. The van der Waals surface area contributed by atoms with Crippen LogP contribution in [0.3, 0.4) is 0 Å². The van der Waals surface area contributed by atoms with Crippen molar-refractivity contribution in [3.63, 3.8) is 0 Å². The van der Waals surface area contributed by atoms with Crippen molar-refractivity contribution in [1.82, 2.24) is 15.3 Å². The van der Waals surface area contributed by atoms with Crippen LogP contribution < -0.4 is 20.4 Å². The van der Waals surface area contributed by atoms with Gasteiger partial charge in [0.15, 0.2) is 11.2 Å². The van der Waals surface area contributed by atoms with Crippen molar-refractivity contribution < 1.29 is 14.6 Å². The number of aliphatic hydroxyl groups excluding tert-OH is 1. The molecule has 1 unspecified atom stereocenters. The molecule has 1 fully saturated rings. The SMILES string of the molecule is O=C(NC(c1ccccc1)c1c[nH]c2cc(Cl)ccc2c1=O)Oc1ccc(N2CCC(CCO)CC2)nc1. The van der Waals surface area contributed by atoms with E-state index in [4.69, 9.17) is 21.4 Å². The number of ether oxygens (including phenoxy) is 1. The first-order chi connectivity index (χ1) is 18.5. The number of carbonyl (C=O) groups is 1. The van der Waals surface area contributed by atoms with E-state index in [2.05, 4.69) is 20.2 Å². The van der Waals surface area contributed by atoms with Gasteiger partial charge < -0.3 is 25.0 Å².